The molecule has 0 aliphatic heterocycles. The van der Waals surface area contributed by atoms with E-state index in [1.165, 1.54) is 0 Å². The zero-order chi connectivity index (χ0) is 7.72. The van der Waals surface area contributed by atoms with Gasteiger partial charge in [0.25, 0.3) is 0 Å². The highest BCUT2D eigenvalue weighted by molar-refractivity contribution is 9.10. The van der Waals surface area contributed by atoms with Crippen molar-refractivity contribution in [3.63, 3.8) is 0 Å². The van der Waals surface area contributed by atoms with Crippen molar-refractivity contribution in [3.8, 4) is 0 Å². The second kappa shape index (κ2) is 2.22. The summed E-state index contributed by atoms with van der Waals surface area (Å²) in [6.45, 7) is 0. The van der Waals surface area contributed by atoms with E-state index in [0.717, 1.165) is 6.07 Å². The molecule has 0 radical (unpaired) electrons. The summed E-state index contributed by atoms with van der Waals surface area (Å²) in [5.41, 5.74) is 0. The van der Waals surface area contributed by atoms with Crippen LogP contribution in [-0.4, -0.2) is 4.98 Å². The number of nitrogens with zero attached hydrogens (tertiary/aromatic N) is 1. The maximum Gasteiger partial charge on any atom is 0.155 e. The van der Waals surface area contributed by atoms with Gasteiger partial charge in [-0.2, -0.15) is 0 Å². The summed E-state index contributed by atoms with van der Waals surface area (Å²) in [6.07, 6.45) is -0.113. The largest absolute Gasteiger partial charge is 0.246 e. The third-order valence-corrected chi connectivity index (χ3v) is 1.13. The van der Waals surface area contributed by atoms with Gasteiger partial charge >= 0.3 is 0 Å². The Morgan fingerprint density at radius 3 is 3.25 bits per heavy atom. The molecule has 1 aromatic heterocycles. The minimum atomic E-state index is -0.726. The minimum absolute atomic E-state index is 0.0787. The first-order valence-electron chi connectivity index (χ1n) is 2.90. The van der Waals surface area contributed by atoms with E-state index in [2.05, 4.69) is 20.9 Å². The normalized spacial score (nSPS) is 12.8. The molecule has 0 aromatic carbocycles. The molecule has 0 unspecified atom stereocenters. The van der Waals surface area contributed by atoms with E-state index in [0.29, 0.717) is 0 Å². The van der Waals surface area contributed by atoms with Gasteiger partial charge in [-0.3, -0.25) is 0 Å². The SMILES string of the molecule is [2H]c1cc([2H])c(F)c(Br)n1. The van der Waals surface area contributed by atoms with Crippen LogP contribution in [0.4, 0.5) is 4.39 Å². The van der Waals surface area contributed by atoms with Gasteiger partial charge in [-0.1, -0.05) is 0 Å². The fourth-order valence-corrected chi connectivity index (χ4v) is 0.510. The van der Waals surface area contributed by atoms with Gasteiger partial charge in [0, 0.05) is 6.17 Å². The van der Waals surface area contributed by atoms with Gasteiger partial charge in [-0.25, -0.2) is 9.37 Å². The lowest BCUT2D eigenvalue weighted by Gasteiger charge is -1.86. The Balaban J connectivity index is 3.31. The van der Waals surface area contributed by atoms with Crippen LogP contribution in [0.5, 0.6) is 0 Å². The topological polar surface area (TPSA) is 12.9 Å². The van der Waals surface area contributed by atoms with Gasteiger partial charge in [0.15, 0.2) is 5.82 Å². The van der Waals surface area contributed by atoms with E-state index in [9.17, 15) is 4.39 Å². The monoisotopic (exact) mass is 177 g/mol. The highest BCUT2D eigenvalue weighted by atomic mass is 79.9. The van der Waals surface area contributed by atoms with Crippen LogP contribution in [0.1, 0.15) is 2.74 Å². The molecule has 0 fully saturated rings. The molecule has 0 aliphatic rings. The molecule has 0 N–H and O–H groups in total. The highest BCUT2D eigenvalue weighted by Gasteiger charge is 1.92. The summed E-state index contributed by atoms with van der Waals surface area (Å²) in [6, 6.07) is 0.729. The molecular formula is C5H3BrFN. The number of rotatable bonds is 0. The van der Waals surface area contributed by atoms with Crippen LogP contribution in [0.15, 0.2) is 22.9 Å². The number of aromatic nitrogens is 1. The fourth-order valence-electron chi connectivity index (χ4n) is 0.293. The maximum absolute atomic E-state index is 12.5. The van der Waals surface area contributed by atoms with E-state index >= 15 is 0 Å². The smallest absolute Gasteiger partial charge is 0.155 e. The number of halogens is 2. The van der Waals surface area contributed by atoms with Gasteiger partial charge in [0.05, 0.1) is 2.74 Å². The Morgan fingerprint density at radius 1 is 1.88 bits per heavy atom. The molecular weight excluding hydrogens is 173 g/mol. The second-order valence-electron chi connectivity index (χ2n) is 1.13. The van der Waals surface area contributed by atoms with Crippen molar-refractivity contribution in [1.29, 1.82) is 0 Å². The Labute approximate surface area is 57.5 Å². The van der Waals surface area contributed by atoms with Crippen molar-refractivity contribution in [1.82, 2.24) is 4.98 Å². The molecule has 0 bridgehead atoms. The molecule has 8 heavy (non-hydrogen) atoms. The third-order valence-electron chi connectivity index (χ3n) is 0.607. The summed E-state index contributed by atoms with van der Waals surface area (Å²) < 4.78 is 26.3. The van der Waals surface area contributed by atoms with Crippen molar-refractivity contribution in [2.24, 2.45) is 0 Å². The number of pyridine rings is 1. The van der Waals surface area contributed by atoms with Crippen LogP contribution in [0.25, 0.3) is 0 Å². The predicted octanol–water partition coefficient (Wildman–Crippen LogP) is 1.98. The molecule has 0 aliphatic carbocycles. The molecule has 42 valence electrons. The minimum Gasteiger partial charge on any atom is -0.246 e. The summed E-state index contributed by atoms with van der Waals surface area (Å²) in [5.74, 6) is -0.726. The first kappa shape index (κ1) is 3.56. The summed E-state index contributed by atoms with van der Waals surface area (Å²) in [4.78, 5) is 3.42. The van der Waals surface area contributed by atoms with Gasteiger partial charge in [0.1, 0.15) is 4.60 Å². The predicted molar refractivity (Wildman–Crippen MR) is 31.9 cm³/mol. The Bertz CT molecular complexity index is 243. The van der Waals surface area contributed by atoms with Crippen molar-refractivity contribution >= 4 is 15.9 Å². The Kier molecular flexibility index (Phi) is 0.987. The Hall–Kier alpha value is -0.440. The quantitative estimate of drug-likeness (QED) is 0.553. The van der Waals surface area contributed by atoms with E-state index in [1.54, 1.807) is 0 Å². The van der Waals surface area contributed by atoms with Gasteiger partial charge in [-0.15, -0.1) is 0 Å². The van der Waals surface area contributed by atoms with Gasteiger partial charge in [-0.05, 0) is 28.0 Å². The van der Waals surface area contributed by atoms with Crippen molar-refractivity contribution in [2.75, 3.05) is 0 Å². The zero-order valence-corrected chi connectivity index (χ0v) is 5.37. The Morgan fingerprint density at radius 2 is 2.62 bits per heavy atom. The first-order valence-corrected chi connectivity index (χ1v) is 2.70. The molecule has 0 saturated carbocycles. The average Bonchev–Trinajstić information content (AvgIpc) is 1.82. The summed E-state index contributed by atoms with van der Waals surface area (Å²) in [5, 5.41) is 0. The first-order chi connectivity index (χ1) is 4.61. The number of hydrogen-bond acceptors (Lipinski definition) is 1. The molecule has 1 aromatic rings. The van der Waals surface area contributed by atoms with Gasteiger partial charge in [0.2, 0.25) is 0 Å². The van der Waals surface area contributed by atoms with Crippen LogP contribution in [0, 0.1) is 5.82 Å². The molecule has 1 nitrogen and oxygen atoms in total. The van der Waals surface area contributed by atoms with Gasteiger partial charge < -0.3 is 0 Å². The summed E-state index contributed by atoms with van der Waals surface area (Å²) in [7, 11) is 0. The zero-order valence-electron chi connectivity index (χ0n) is 5.78. The van der Waals surface area contributed by atoms with E-state index in [1.807, 2.05) is 0 Å². The van der Waals surface area contributed by atoms with Crippen molar-refractivity contribution in [3.05, 3.63) is 28.7 Å². The van der Waals surface area contributed by atoms with Crippen LogP contribution < -0.4 is 0 Å². The van der Waals surface area contributed by atoms with E-state index < -0.39 is 5.82 Å². The molecule has 0 spiro atoms. The standard InChI is InChI=1S/C5H3BrFN/c6-5-4(7)2-1-3-8-5/h1-3H/i2D,3D. The maximum atomic E-state index is 12.5. The molecule has 3 heteroatoms. The lowest BCUT2D eigenvalue weighted by Crippen LogP contribution is -1.77. The molecule has 0 saturated heterocycles. The lowest BCUT2D eigenvalue weighted by atomic mass is 10.5. The molecule has 1 heterocycles. The third kappa shape index (κ3) is 1.04. The van der Waals surface area contributed by atoms with E-state index in [-0.39, 0.29) is 16.8 Å². The van der Waals surface area contributed by atoms with Crippen LogP contribution in [0.2, 0.25) is 0 Å². The van der Waals surface area contributed by atoms with Crippen molar-refractivity contribution in [2.45, 2.75) is 0 Å². The highest BCUT2D eigenvalue weighted by Crippen LogP contribution is 2.08. The molecule has 0 atom stereocenters. The van der Waals surface area contributed by atoms with Crippen LogP contribution in [0.3, 0.4) is 0 Å². The fraction of sp³-hybridized carbons (Fsp3) is 0. The molecule has 0 amide bonds. The van der Waals surface area contributed by atoms with Crippen LogP contribution >= 0.6 is 15.9 Å². The summed E-state index contributed by atoms with van der Waals surface area (Å²) >= 11 is 2.77. The van der Waals surface area contributed by atoms with E-state index in [4.69, 9.17) is 2.74 Å². The van der Waals surface area contributed by atoms with Crippen LogP contribution in [-0.2, 0) is 0 Å². The lowest BCUT2D eigenvalue weighted by molar-refractivity contribution is 0.613. The molecule has 1 rings (SSSR count). The average molecular weight is 178 g/mol. The van der Waals surface area contributed by atoms with Crippen molar-refractivity contribution < 1.29 is 7.13 Å². The second-order valence-corrected chi connectivity index (χ2v) is 1.89. The number of hydrogen-bond donors (Lipinski definition) is 0.